The third-order valence-electron chi connectivity index (χ3n) is 5.15. The van der Waals surface area contributed by atoms with Gasteiger partial charge in [0.2, 0.25) is 6.79 Å². The summed E-state index contributed by atoms with van der Waals surface area (Å²) in [5.74, 6) is -1.15. The van der Waals surface area contributed by atoms with Crippen molar-refractivity contribution in [1.82, 2.24) is 19.5 Å². The summed E-state index contributed by atoms with van der Waals surface area (Å²) in [6.45, 7) is 9.64. The van der Waals surface area contributed by atoms with E-state index in [4.69, 9.17) is 19.7 Å². The monoisotopic (exact) mass is 559 g/mol. The lowest BCUT2D eigenvalue weighted by Crippen LogP contribution is -2.24. The second-order valence-corrected chi connectivity index (χ2v) is 12.3. The van der Waals surface area contributed by atoms with Gasteiger partial charge in [-0.1, -0.05) is 0 Å². The van der Waals surface area contributed by atoms with Gasteiger partial charge in [0.1, 0.15) is 30.1 Å². The lowest BCUT2D eigenvalue weighted by Gasteiger charge is -2.19. The molecule has 0 saturated carbocycles. The number of rotatable bonds is 7. The van der Waals surface area contributed by atoms with E-state index in [-0.39, 0.29) is 23.6 Å². The van der Waals surface area contributed by atoms with Crippen LogP contribution in [-0.4, -0.2) is 62.7 Å². The van der Waals surface area contributed by atoms with Crippen LogP contribution in [0.15, 0.2) is 24.6 Å². The smallest absolute Gasteiger partial charge is 0.356 e. The number of fused-ring (bicyclic) bond motifs is 1. The van der Waals surface area contributed by atoms with E-state index in [0.717, 1.165) is 0 Å². The summed E-state index contributed by atoms with van der Waals surface area (Å²) in [4.78, 5) is 44.2. The van der Waals surface area contributed by atoms with E-state index < -0.39 is 50.1 Å². The summed E-state index contributed by atoms with van der Waals surface area (Å²) in [5, 5.41) is 0. The number of esters is 2. The predicted octanol–water partition coefficient (Wildman–Crippen LogP) is 3.50. The molecule has 0 radical (unpaired) electrons. The minimum absolute atomic E-state index is 0.153. The quantitative estimate of drug-likeness (QED) is 0.287. The molecule has 3 rings (SSSR count). The van der Waals surface area contributed by atoms with E-state index in [1.54, 1.807) is 25.3 Å². The summed E-state index contributed by atoms with van der Waals surface area (Å²) in [6.07, 6.45) is 2.41. The van der Waals surface area contributed by atoms with Crippen LogP contribution >= 0.6 is 7.60 Å². The number of ether oxygens (including phenoxy) is 3. The van der Waals surface area contributed by atoms with Crippen molar-refractivity contribution in [2.75, 3.05) is 26.0 Å². The third kappa shape index (κ3) is 8.55. The fraction of sp³-hybridized carbons (Fsp3) is 0.609. The molecule has 212 valence electrons. The Labute approximate surface area is 220 Å². The number of carbonyl (C=O) groups is 2. The van der Waals surface area contributed by atoms with Crippen molar-refractivity contribution in [2.45, 2.75) is 60.1 Å². The molecule has 0 amide bonds. The first-order chi connectivity index (χ1) is 17.5. The van der Waals surface area contributed by atoms with Crippen molar-refractivity contribution in [2.24, 2.45) is 10.8 Å². The molecule has 3 unspecified atom stereocenters. The van der Waals surface area contributed by atoms with Crippen LogP contribution in [0.25, 0.3) is 11.2 Å². The maximum atomic E-state index is 14.3. The van der Waals surface area contributed by atoms with Gasteiger partial charge in [0.15, 0.2) is 11.5 Å². The number of anilines is 1. The number of hydrogen-bond donors (Lipinski definition) is 2. The minimum Gasteiger partial charge on any atom is -0.469 e. The largest absolute Gasteiger partial charge is 0.469 e. The van der Waals surface area contributed by atoms with Crippen LogP contribution in [0.3, 0.4) is 0 Å². The van der Waals surface area contributed by atoms with Crippen molar-refractivity contribution in [3.63, 3.8) is 0 Å². The van der Waals surface area contributed by atoms with E-state index in [9.17, 15) is 23.4 Å². The molecule has 0 fully saturated rings. The third-order valence-corrected chi connectivity index (χ3v) is 6.14. The molecular weight excluding hydrogens is 524 g/mol. The van der Waals surface area contributed by atoms with Crippen LogP contribution in [0.4, 0.5) is 10.2 Å². The molecule has 0 spiro atoms. The van der Waals surface area contributed by atoms with Crippen molar-refractivity contribution in [3.05, 3.63) is 24.6 Å². The molecule has 3 N–H and O–H groups in total. The fourth-order valence-electron chi connectivity index (χ4n) is 3.05. The zero-order chi connectivity index (χ0) is 28.9. The number of methoxy groups -OCH3 is 1. The molecule has 0 bridgehead atoms. The number of aromatic nitrogens is 4. The first-order valence-corrected chi connectivity index (χ1v) is 13.4. The molecule has 13 nitrogen and oxygen atoms in total. The Hall–Kier alpha value is -2.93. The standard InChI is InChI=1S/C17H23FN5O6P.C6H12O2/c1-17(2,3)16(24)27-8-29-30(25,26)9-28-12-5-10(4-11(12)18)23-7-22-13-14(19)20-6-21-15(13)23;1-6(2,3)5(7)8-4/h4,6-7,10,12H,5,8-9H2,1-3H3,(H,25,26)(H2,19,20,21);1-4H3. The highest BCUT2D eigenvalue weighted by atomic mass is 31.2. The Morgan fingerprint density at radius 1 is 1.16 bits per heavy atom. The first-order valence-electron chi connectivity index (χ1n) is 11.6. The number of carbonyl (C=O) groups excluding carboxylic acids is 2. The van der Waals surface area contributed by atoms with Gasteiger partial charge in [-0.15, -0.1) is 0 Å². The van der Waals surface area contributed by atoms with E-state index in [1.807, 2.05) is 20.8 Å². The second-order valence-electron chi connectivity index (χ2n) is 10.5. The molecule has 2 heterocycles. The van der Waals surface area contributed by atoms with Gasteiger partial charge in [-0.3, -0.25) is 18.7 Å². The van der Waals surface area contributed by atoms with Crippen molar-refractivity contribution < 1.29 is 42.2 Å². The normalized spacial score (nSPS) is 19.2. The molecule has 0 saturated heterocycles. The first kappa shape index (κ1) is 31.3. The number of nitrogen functional groups attached to an aromatic ring is 1. The predicted molar refractivity (Wildman–Crippen MR) is 135 cm³/mol. The summed E-state index contributed by atoms with van der Waals surface area (Å²) in [5.41, 5.74) is 5.46. The summed E-state index contributed by atoms with van der Waals surface area (Å²) < 4.78 is 47.3. The maximum absolute atomic E-state index is 14.3. The van der Waals surface area contributed by atoms with Crippen LogP contribution in [0.2, 0.25) is 0 Å². The lowest BCUT2D eigenvalue weighted by molar-refractivity contribution is -0.160. The van der Waals surface area contributed by atoms with Gasteiger partial charge in [0, 0.05) is 6.42 Å². The number of allylic oxidation sites excluding steroid dienone is 1. The number of imidazole rings is 1. The fourth-order valence-corrected chi connectivity index (χ4v) is 3.71. The average Bonchev–Trinajstić information content (AvgIpc) is 3.40. The summed E-state index contributed by atoms with van der Waals surface area (Å²) >= 11 is 0. The van der Waals surface area contributed by atoms with Gasteiger partial charge in [0.05, 0.1) is 30.3 Å². The SMILES string of the molecule is CC(C)(C)C(=O)OCOP(=O)(O)COC1CC(n2cnc3c(N)ncnc32)C=C1F.COC(=O)C(C)(C)C. The van der Waals surface area contributed by atoms with E-state index in [1.165, 1.54) is 25.8 Å². The van der Waals surface area contributed by atoms with Gasteiger partial charge >= 0.3 is 19.5 Å². The number of halogens is 1. The molecule has 1 aliphatic carbocycles. The number of nitrogens with two attached hydrogens (primary N) is 1. The zero-order valence-corrected chi connectivity index (χ0v) is 23.4. The Morgan fingerprint density at radius 2 is 1.79 bits per heavy atom. The topological polar surface area (TPSA) is 178 Å². The molecular formula is C23H35FN5O8P. The van der Waals surface area contributed by atoms with Crippen molar-refractivity contribution >= 4 is 36.5 Å². The molecule has 2 aromatic heterocycles. The highest BCUT2D eigenvalue weighted by Gasteiger charge is 2.33. The Balaban J connectivity index is 0.000000550. The Kier molecular flexibility index (Phi) is 10.1. The number of hydrogen-bond acceptors (Lipinski definition) is 11. The van der Waals surface area contributed by atoms with Gasteiger partial charge in [-0.2, -0.15) is 0 Å². The molecule has 15 heteroatoms. The van der Waals surface area contributed by atoms with Crippen LogP contribution < -0.4 is 5.73 Å². The maximum Gasteiger partial charge on any atom is 0.356 e. The van der Waals surface area contributed by atoms with Crippen molar-refractivity contribution in [3.8, 4) is 0 Å². The summed E-state index contributed by atoms with van der Waals surface area (Å²) in [7, 11) is -2.86. The molecule has 3 atom stereocenters. The molecule has 0 aliphatic heterocycles. The Bertz CT molecular complexity index is 1220. The molecule has 1 aliphatic rings. The van der Waals surface area contributed by atoms with Gasteiger partial charge in [-0.05, 0) is 47.6 Å². The van der Waals surface area contributed by atoms with Crippen LogP contribution in [0.1, 0.15) is 54.0 Å². The highest BCUT2D eigenvalue weighted by molar-refractivity contribution is 7.52. The average molecular weight is 560 g/mol. The van der Waals surface area contributed by atoms with Gasteiger partial charge in [-0.25, -0.2) is 19.3 Å². The van der Waals surface area contributed by atoms with Crippen molar-refractivity contribution in [1.29, 1.82) is 0 Å². The van der Waals surface area contributed by atoms with Crippen LogP contribution in [-0.2, 0) is 32.9 Å². The lowest BCUT2D eigenvalue weighted by atomic mass is 9.98. The summed E-state index contributed by atoms with van der Waals surface area (Å²) in [6, 6.07) is -0.471. The van der Waals surface area contributed by atoms with Crippen LogP contribution in [0.5, 0.6) is 0 Å². The van der Waals surface area contributed by atoms with E-state index in [0.29, 0.717) is 11.2 Å². The highest BCUT2D eigenvalue weighted by Crippen LogP contribution is 2.44. The van der Waals surface area contributed by atoms with Crippen LogP contribution in [0, 0.1) is 10.8 Å². The van der Waals surface area contributed by atoms with Gasteiger partial charge in [0.25, 0.3) is 0 Å². The molecule has 0 aromatic carbocycles. The van der Waals surface area contributed by atoms with Gasteiger partial charge < -0.3 is 29.4 Å². The van der Waals surface area contributed by atoms with E-state index in [2.05, 4.69) is 19.7 Å². The minimum atomic E-state index is -4.26. The molecule has 38 heavy (non-hydrogen) atoms. The molecule has 2 aromatic rings. The number of nitrogens with zero attached hydrogens (tertiary/aromatic N) is 4. The zero-order valence-electron chi connectivity index (χ0n) is 22.5. The Morgan fingerprint density at radius 3 is 2.34 bits per heavy atom. The van der Waals surface area contributed by atoms with E-state index >= 15 is 0 Å². The second kappa shape index (κ2) is 12.3.